The lowest BCUT2D eigenvalue weighted by Gasteiger charge is -2.36. The Morgan fingerprint density at radius 2 is 1.93 bits per heavy atom. The third kappa shape index (κ3) is 7.76. The molecule has 1 N–H and O–H groups in total. The van der Waals surface area contributed by atoms with Gasteiger partial charge >= 0.3 is 6.09 Å². The second-order valence-electron chi connectivity index (χ2n) is 13.3. The zero-order valence-corrected chi connectivity index (χ0v) is 28.5. The molecule has 1 fully saturated rings. The van der Waals surface area contributed by atoms with E-state index in [0.29, 0.717) is 78.8 Å². The van der Waals surface area contributed by atoms with E-state index in [2.05, 4.69) is 54.0 Å². The third-order valence-electron chi connectivity index (χ3n) is 9.00. The number of hydrogen-bond acceptors (Lipinski definition) is 9. The first-order chi connectivity index (χ1) is 21.8. The topological polar surface area (TPSA) is 115 Å². The third-order valence-corrected chi connectivity index (χ3v) is 13.5. The summed E-state index contributed by atoms with van der Waals surface area (Å²) in [6, 6.07) is 8.74. The molecule has 5 rings (SSSR count). The molecule has 0 radical (unpaired) electrons. The van der Waals surface area contributed by atoms with E-state index >= 15 is 4.39 Å². The molecule has 2 aromatic heterocycles. The number of methoxy groups -OCH3 is 1. The van der Waals surface area contributed by atoms with Crippen LogP contribution in [0.4, 0.5) is 20.6 Å². The van der Waals surface area contributed by atoms with Crippen molar-refractivity contribution in [1.29, 1.82) is 0 Å². The highest BCUT2D eigenvalue weighted by atomic mass is 28.4. The number of amides is 2. The number of fused-ring (bicyclic) bond motifs is 2. The first kappa shape index (κ1) is 33.5. The number of anilines is 2. The van der Waals surface area contributed by atoms with Crippen molar-refractivity contribution in [3.8, 4) is 11.6 Å². The van der Waals surface area contributed by atoms with Crippen molar-refractivity contribution < 1.29 is 32.6 Å². The maximum absolute atomic E-state index is 15.3. The Morgan fingerprint density at radius 1 is 1.15 bits per heavy atom. The van der Waals surface area contributed by atoms with E-state index in [-0.39, 0.29) is 23.7 Å². The standard InChI is InChI=1S/C33H44FN5O6Si/c1-33(2,3)46(5,6)44-16-8-15-38(20-24-25(34)18-35-26-11-13-30(42-4)37-31(24)26)14-7-9-23-19-39(32(41)45-23)22-10-12-28-27(17-22)36-29(40)21-43-28/h10-13,17-18,23H,7-9,14-16,19-21H2,1-6H3,(H,36,40)/t23-/m1/s1. The minimum Gasteiger partial charge on any atom is -0.482 e. The van der Waals surface area contributed by atoms with Gasteiger partial charge in [0.2, 0.25) is 5.88 Å². The van der Waals surface area contributed by atoms with Crippen LogP contribution >= 0.6 is 0 Å². The molecule has 3 aromatic rings. The van der Waals surface area contributed by atoms with E-state index in [1.54, 1.807) is 35.2 Å². The van der Waals surface area contributed by atoms with Gasteiger partial charge in [-0.2, -0.15) is 0 Å². The molecule has 248 valence electrons. The number of carbonyl (C=O) groups is 2. The van der Waals surface area contributed by atoms with E-state index in [0.717, 1.165) is 12.8 Å². The predicted molar refractivity (Wildman–Crippen MR) is 177 cm³/mol. The molecule has 0 bridgehead atoms. The normalized spacial score (nSPS) is 16.8. The number of nitrogens with one attached hydrogen (secondary N) is 1. The number of cyclic esters (lactones) is 1. The lowest BCUT2D eigenvalue weighted by Crippen LogP contribution is -2.41. The summed E-state index contributed by atoms with van der Waals surface area (Å²) in [5.41, 5.74) is 2.71. The fraction of sp³-hybridized carbons (Fsp3) is 0.515. The van der Waals surface area contributed by atoms with Gasteiger partial charge in [0.05, 0.1) is 31.1 Å². The molecule has 0 aliphatic carbocycles. The lowest BCUT2D eigenvalue weighted by atomic mass is 10.1. The summed E-state index contributed by atoms with van der Waals surface area (Å²) in [7, 11) is -0.362. The van der Waals surface area contributed by atoms with Crippen LogP contribution < -0.4 is 19.7 Å². The zero-order chi connectivity index (χ0) is 33.1. The maximum atomic E-state index is 15.3. The average Bonchev–Trinajstić information content (AvgIpc) is 3.39. The van der Waals surface area contributed by atoms with Gasteiger partial charge in [-0.1, -0.05) is 20.8 Å². The molecule has 0 saturated carbocycles. The van der Waals surface area contributed by atoms with Crippen molar-refractivity contribution in [1.82, 2.24) is 14.9 Å². The van der Waals surface area contributed by atoms with E-state index < -0.39 is 20.2 Å². The van der Waals surface area contributed by atoms with Gasteiger partial charge < -0.3 is 24.0 Å². The van der Waals surface area contributed by atoms with Crippen LogP contribution in [0.3, 0.4) is 0 Å². The number of hydrogen-bond donors (Lipinski definition) is 1. The highest BCUT2D eigenvalue weighted by Gasteiger charge is 2.37. The van der Waals surface area contributed by atoms with E-state index in [1.807, 2.05) is 0 Å². The number of rotatable bonds is 13. The van der Waals surface area contributed by atoms with Crippen molar-refractivity contribution in [3.05, 3.63) is 47.9 Å². The van der Waals surface area contributed by atoms with Crippen molar-refractivity contribution in [2.75, 3.05) is 50.2 Å². The summed E-state index contributed by atoms with van der Waals surface area (Å²) in [4.78, 5) is 37.1. The number of pyridine rings is 2. The number of benzene rings is 1. The first-order valence-corrected chi connectivity index (χ1v) is 18.6. The molecule has 1 saturated heterocycles. The predicted octanol–water partition coefficient (Wildman–Crippen LogP) is 6.13. The van der Waals surface area contributed by atoms with Crippen LogP contribution in [0.25, 0.3) is 11.0 Å². The second-order valence-corrected chi connectivity index (χ2v) is 18.1. The molecule has 2 aliphatic rings. The molecule has 1 atom stereocenters. The number of ether oxygens (including phenoxy) is 3. The Bertz CT molecular complexity index is 1580. The molecular formula is C33H44FN5O6Si. The fourth-order valence-corrected chi connectivity index (χ4v) is 6.42. The number of nitrogens with zero attached hydrogens (tertiary/aromatic N) is 4. The molecule has 0 spiro atoms. The van der Waals surface area contributed by atoms with Crippen LogP contribution in [0.5, 0.6) is 11.6 Å². The molecule has 0 unspecified atom stereocenters. The molecule has 13 heteroatoms. The summed E-state index contributed by atoms with van der Waals surface area (Å²) in [6.07, 6.45) is 2.66. The molecule has 4 heterocycles. The van der Waals surface area contributed by atoms with Crippen molar-refractivity contribution in [2.24, 2.45) is 0 Å². The summed E-state index contributed by atoms with van der Waals surface area (Å²) in [6.45, 7) is 13.8. The molecule has 2 aliphatic heterocycles. The summed E-state index contributed by atoms with van der Waals surface area (Å²) in [5, 5.41) is 2.89. The van der Waals surface area contributed by atoms with Gasteiger partial charge in [0, 0.05) is 37.0 Å². The van der Waals surface area contributed by atoms with Gasteiger partial charge in [-0.3, -0.25) is 19.6 Å². The van der Waals surface area contributed by atoms with Crippen molar-refractivity contribution >= 4 is 42.7 Å². The first-order valence-electron chi connectivity index (χ1n) is 15.7. The Kier molecular flexibility index (Phi) is 10.1. The maximum Gasteiger partial charge on any atom is 0.414 e. The second kappa shape index (κ2) is 13.9. The van der Waals surface area contributed by atoms with Crippen LogP contribution in [-0.4, -0.2) is 81.2 Å². The highest BCUT2D eigenvalue weighted by molar-refractivity contribution is 6.74. The molecule has 1 aromatic carbocycles. The van der Waals surface area contributed by atoms with Crippen LogP contribution in [-0.2, 0) is 20.5 Å². The average molecular weight is 654 g/mol. The Labute approximate surface area is 270 Å². The van der Waals surface area contributed by atoms with Gasteiger partial charge in [-0.25, -0.2) is 14.2 Å². The van der Waals surface area contributed by atoms with Crippen LogP contribution in [0.15, 0.2) is 36.5 Å². The molecule has 46 heavy (non-hydrogen) atoms. The molecular weight excluding hydrogens is 609 g/mol. The largest absolute Gasteiger partial charge is 0.482 e. The highest BCUT2D eigenvalue weighted by Crippen LogP contribution is 2.37. The Morgan fingerprint density at radius 3 is 2.70 bits per heavy atom. The fourth-order valence-electron chi connectivity index (χ4n) is 5.33. The quantitative estimate of drug-likeness (QED) is 0.172. The summed E-state index contributed by atoms with van der Waals surface area (Å²) in [5.74, 6) is 0.311. The van der Waals surface area contributed by atoms with Gasteiger partial charge in [0.25, 0.3) is 5.91 Å². The summed E-state index contributed by atoms with van der Waals surface area (Å²) >= 11 is 0. The van der Waals surface area contributed by atoms with Gasteiger partial charge in [-0.15, -0.1) is 0 Å². The monoisotopic (exact) mass is 653 g/mol. The number of halogens is 1. The molecule has 2 amide bonds. The van der Waals surface area contributed by atoms with Crippen LogP contribution in [0, 0.1) is 5.82 Å². The van der Waals surface area contributed by atoms with E-state index in [4.69, 9.17) is 18.6 Å². The zero-order valence-electron chi connectivity index (χ0n) is 27.5. The van der Waals surface area contributed by atoms with Crippen LogP contribution in [0.1, 0.15) is 45.6 Å². The van der Waals surface area contributed by atoms with Gasteiger partial charge in [-0.05, 0) is 68.2 Å². The minimum atomic E-state index is -1.89. The van der Waals surface area contributed by atoms with E-state index in [1.165, 1.54) is 13.3 Å². The number of aromatic nitrogens is 2. The molecule has 11 nitrogen and oxygen atoms in total. The van der Waals surface area contributed by atoms with Crippen molar-refractivity contribution in [2.45, 2.75) is 70.8 Å². The number of carbonyl (C=O) groups excluding carboxylic acids is 2. The lowest BCUT2D eigenvalue weighted by molar-refractivity contribution is -0.118. The Balaban J connectivity index is 1.24. The van der Waals surface area contributed by atoms with Gasteiger partial charge in [0.15, 0.2) is 14.9 Å². The minimum absolute atomic E-state index is 0.0322. The van der Waals surface area contributed by atoms with Crippen molar-refractivity contribution in [3.63, 3.8) is 0 Å². The Hall–Kier alpha value is -3.81. The van der Waals surface area contributed by atoms with E-state index in [9.17, 15) is 9.59 Å². The smallest absolute Gasteiger partial charge is 0.414 e. The summed E-state index contributed by atoms with van der Waals surface area (Å²) < 4.78 is 38.1. The SMILES string of the molecule is COc1ccc2ncc(F)c(CN(CCCO[Si](C)(C)C(C)(C)C)CCC[C@@H]3CN(c4ccc5c(c4)NC(=O)CO5)C(=O)O3)c2n1. The van der Waals surface area contributed by atoms with Gasteiger partial charge in [0.1, 0.15) is 23.2 Å². The van der Waals surface area contributed by atoms with Crippen LogP contribution in [0.2, 0.25) is 18.1 Å².